The maximum atomic E-state index is 5.78. The van der Waals surface area contributed by atoms with E-state index >= 15 is 0 Å². The smallest absolute Gasteiger partial charge is 0.203 e. The molecular weight excluding hydrogens is 248 g/mol. The average molecular weight is 268 g/mol. The minimum Gasteiger partial charge on any atom is -0.490 e. The summed E-state index contributed by atoms with van der Waals surface area (Å²) < 4.78 is 5.27. The fraction of sp³-hybridized carbons (Fsp3) is 0.667. The van der Waals surface area contributed by atoms with Crippen LogP contribution in [0.25, 0.3) is 0 Å². The molecule has 2 unspecified atom stereocenters. The third-order valence-corrected chi connectivity index (χ3v) is 4.53. The van der Waals surface area contributed by atoms with Gasteiger partial charge in [0.2, 0.25) is 5.75 Å². The summed E-state index contributed by atoms with van der Waals surface area (Å²) in [6.07, 6.45) is 8.62. The highest BCUT2D eigenvalue weighted by atomic mass is 32.2. The normalized spacial score (nSPS) is 23.7. The molecule has 18 heavy (non-hydrogen) atoms. The number of nitrogens with zero attached hydrogens (tertiary/aromatic N) is 2. The summed E-state index contributed by atoms with van der Waals surface area (Å²) in [7, 11) is 1.59. The van der Waals surface area contributed by atoms with E-state index < -0.39 is 0 Å². The van der Waals surface area contributed by atoms with Gasteiger partial charge in [0.1, 0.15) is 6.33 Å². The Bertz CT molecular complexity index is 402. The number of thioether (sulfide) groups is 1. The molecule has 2 atom stereocenters. The Kier molecular flexibility index (Phi) is 4.52. The van der Waals surface area contributed by atoms with Gasteiger partial charge in [0.05, 0.1) is 7.11 Å². The van der Waals surface area contributed by atoms with Crippen molar-refractivity contribution in [2.75, 3.05) is 24.4 Å². The standard InChI is InChI=1S/C12H20N4OS/c1-17-10-11(13)14-7-15-12(10)16-8-5-3-4-6-9(8)18-2/h7-9H,3-6H2,1-2H3,(H3,13,14,15,16). The summed E-state index contributed by atoms with van der Waals surface area (Å²) in [6, 6.07) is 0.428. The third-order valence-electron chi connectivity index (χ3n) is 3.36. The molecule has 1 aliphatic carbocycles. The van der Waals surface area contributed by atoms with Crippen LogP contribution in [0.3, 0.4) is 0 Å². The molecule has 0 aliphatic heterocycles. The molecule has 0 aromatic carbocycles. The highest BCUT2D eigenvalue weighted by molar-refractivity contribution is 7.99. The summed E-state index contributed by atoms with van der Waals surface area (Å²) in [4.78, 5) is 8.18. The first-order chi connectivity index (χ1) is 8.76. The number of hydrogen-bond acceptors (Lipinski definition) is 6. The van der Waals surface area contributed by atoms with E-state index in [1.54, 1.807) is 7.11 Å². The Morgan fingerprint density at radius 1 is 1.39 bits per heavy atom. The van der Waals surface area contributed by atoms with Gasteiger partial charge in [-0.15, -0.1) is 0 Å². The summed E-state index contributed by atoms with van der Waals surface area (Å²) in [5.74, 6) is 1.63. The Labute approximate surface area is 112 Å². The fourth-order valence-electron chi connectivity index (χ4n) is 2.41. The lowest BCUT2D eigenvalue weighted by Gasteiger charge is -2.31. The van der Waals surface area contributed by atoms with Gasteiger partial charge in [-0.2, -0.15) is 11.8 Å². The number of nitrogen functional groups attached to an aromatic ring is 1. The fourth-order valence-corrected chi connectivity index (χ4v) is 3.35. The van der Waals surface area contributed by atoms with Crippen LogP contribution in [0, 0.1) is 0 Å². The highest BCUT2D eigenvalue weighted by Crippen LogP contribution is 2.33. The molecule has 1 aromatic rings. The van der Waals surface area contributed by atoms with Crippen LogP contribution in [0.15, 0.2) is 6.33 Å². The van der Waals surface area contributed by atoms with Crippen LogP contribution >= 0.6 is 11.8 Å². The number of rotatable bonds is 4. The van der Waals surface area contributed by atoms with E-state index in [9.17, 15) is 0 Å². The molecule has 0 radical (unpaired) electrons. The molecule has 100 valence electrons. The van der Waals surface area contributed by atoms with E-state index in [0.29, 0.717) is 28.7 Å². The molecule has 1 heterocycles. The molecule has 5 nitrogen and oxygen atoms in total. The monoisotopic (exact) mass is 268 g/mol. The van der Waals surface area contributed by atoms with E-state index in [4.69, 9.17) is 10.5 Å². The van der Waals surface area contributed by atoms with Crippen molar-refractivity contribution in [2.45, 2.75) is 37.0 Å². The molecule has 0 amide bonds. The lowest BCUT2D eigenvalue weighted by molar-refractivity contribution is 0.412. The second-order valence-corrected chi connectivity index (χ2v) is 5.53. The zero-order chi connectivity index (χ0) is 13.0. The first-order valence-corrected chi connectivity index (χ1v) is 7.49. The van der Waals surface area contributed by atoms with Crippen LogP contribution < -0.4 is 15.8 Å². The minimum atomic E-state index is 0.381. The molecule has 0 spiro atoms. The van der Waals surface area contributed by atoms with Crippen molar-refractivity contribution in [3.05, 3.63) is 6.33 Å². The first-order valence-electron chi connectivity index (χ1n) is 6.20. The van der Waals surface area contributed by atoms with Gasteiger partial charge >= 0.3 is 0 Å². The number of aromatic nitrogens is 2. The molecule has 2 rings (SSSR count). The molecule has 1 fully saturated rings. The number of hydrogen-bond donors (Lipinski definition) is 2. The number of nitrogens with two attached hydrogens (primary N) is 1. The quantitative estimate of drug-likeness (QED) is 0.871. The predicted octanol–water partition coefficient (Wildman–Crippen LogP) is 2.15. The number of methoxy groups -OCH3 is 1. The second-order valence-electron chi connectivity index (χ2n) is 4.45. The van der Waals surface area contributed by atoms with Crippen molar-refractivity contribution in [3.8, 4) is 5.75 Å². The van der Waals surface area contributed by atoms with E-state index in [-0.39, 0.29) is 0 Å². The molecular formula is C12H20N4OS. The van der Waals surface area contributed by atoms with Gasteiger partial charge in [-0.3, -0.25) is 0 Å². The lowest BCUT2D eigenvalue weighted by atomic mass is 9.95. The van der Waals surface area contributed by atoms with Gasteiger partial charge in [0, 0.05) is 11.3 Å². The molecule has 1 aliphatic rings. The average Bonchev–Trinajstić information content (AvgIpc) is 2.40. The van der Waals surface area contributed by atoms with E-state index in [1.807, 2.05) is 11.8 Å². The van der Waals surface area contributed by atoms with Crippen LogP contribution in [-0.4, -0.2) is 34.6 Å². The van der Waals surface area contributed by atoms with Gasteiger partial charge in [-0.05, 0) is 19.1 Å². The Balaban J connectivity index is 2.15. The zero-order valence-electron chi connectivity index (χ0n) is 10.8. The third kappa shape index (κ3) is 2.80. The van der Waals surface area contributed by atoms with Gasteiger partial charge in [-0.25, -0.2) is 9.97 Å². The second kappa shape index (κ2) is 6.13. The molecule has 0 bridgehead atoms. The van der Waals surface area contributed by atoms with Crippen molar-refractivity contribution in [1.29, 1.82) is 0 Å². The molecule has 3 N–H and O–H groups in total. The molecule has 0 saturated heterocycles. The van der Waals surface area contributed by atoms with Gasteiger partial charge in [-0.1, -0.05) is 12.8 Å². The van der Waals surface area contributed by atoms with Gasteiger partial charge in [0.15, 0.2) is 11.6 Å². The SMILES string of the molecule is COc1c(N)ncnc1NC1CCCCC1SC. The maximum Gasteiger partial charge on any atom is 0.203 e. The van der Waals surface area contributed by atoms with Crippen molar-refractivity contribution >= 4 is 23.4 Å². The Morgan fingerprint density at radius 3 is 2.89 bits per heavy atom. The van der Waals surface area contributed by atoms with Crippen LogP contribution in [0.5, 0.6) is 5.75 Å². The largest absolute Gasteiger partial charge is 0.490 e. The Morgan fingerprint density at radius 2 is 2.17 bits per heavy atom. The summed E-state index contributed by atoms with van der Waals surface area (Å²) >= 11 is 1.91. The number of ether oxygens (including phenoxy) is 1. The van der Waals surface area contributed by atoms with E-state index in [2.05, 4.69) is 21.5 Å². The van der Waals surface area contributed by atoms with Crippen molar-refractivity contribution < 1.29 is 4.74 Å². The summed E-state index contributed by atoms with van der Waals surface area (Å²) in [6.45, 7) is 0. The zero-order valence-corrected chi connectivity index (χ0v) is 11.7. The van der Waals surface area contributed by atoms with Crippen LogP contribution in [0.1, 0.15) is 25.7 Å². The summed E-state index contributed by atoms with van der Waals surface area (Å²) in [5.41, 5.74) is 5.78. The van der Waals surface area contributed by atoms with E-state index in [0.717, 1.165) is 0 Å². The number of anilines is 2. The van der Waals surface area contributed by atoms with Crippen LogP contribution in [0.2, 0.25) is 0 Å². The van der Waals surface area contributed by atoms with Crippen molar-refractivity contribution in [3.63, 3.8) is 0 Å². The van der Waals surface area contributed by atoms with Gasteiger partial charge in [0.25, 0.3) is 0 Å². The van der Waals surface area contributed by atoms with E-state index in [1.165, 1.54) is 32.0 Å². The molecule has 1 saturated carbocycles. The predicted molar refractivity (Wildman–Crippen MR) is 76.2 cm³/mol. The van der Waals surface area contributed by atoms with Gasteiger partial charge < -0.3 is 15.8 Å². The topological polar surface area (TPSA) is 73.1 Å². The minimum absolute atomic E-state index is 0.381. The maximum absolute atomic E-state index is 5.78. The lowest BCUT2D eigenvalue weighted by Crippen LogP contribution is -2.34. The highest BCUT2D eigenvalue weighted by Gasteiger charge is 2.25. The van der Waals surface area contributed by atoms with Crippen molar-refractivity contribution in [2.24, 2.45) is 0 Å². The van der Waals surface area contributed by atoms with Crippen molar-refractivity contribution in [1.82, 2.24) is 9.97 Å². The first kappa shape index (κ1) is 13.3. The summed E-state index contributed by atoms with van der Waals surface area (Å²) in [5, 5.41) is 4.09. The number of nitrogens with one attached hydrogen (secondary N) is 1. The van der Waals surface area contributed by atoms with Crippen LogP contribution in [0.4, 0.5) is 11.6 Å². The molecule has 6 heteroatoms. The Hall–Kier alpha value is -1.17. The molecule has 1 aromatic heterocycles. The van der Waals surface area contributed by atoms with Crippen LogP contribution in [-0.2, 0) is 0 Å².